The van der Waals surface area contributed by atoms with Crippen LogP contribution in [-0.4, -0.2) is 47.4 Å². The molecular weight excluding hydrogens is 375 g/mol. The number of morpholine rings is 1. The maximum absolute atomic E-state index is 14.6. The Kier molecular flexibility index (Phi) is 4.88. The van der Waals surface area contributed by atoms with Crippen LogP contribution in [0.4, 0.5) is 18.9 Å². The SMILES string of the molecule is FC(F)(F)C1(N2CCOCC2)SC(c2ccccc2)=NN1c1ccccc1. The first-order valence-corrected chi connectivity index (χ1v) is 9.42. The molecular formula is C19H18F3N3OS. The van der Waals surface area contributed by atoms with Gasteiger partial charge >= 0.3 is 6.18 Å². The Morgan fingerprint density at radius 3 is 2.11 bits per heavy atom. The van der Waals surface area contributed by atoms with E-state index in [-0.39, 0.29) is 26.3 Å². The molecule has 0 bridgehead atoms. The van der Waals surface area contributed by atoms with Gasteiger partial charge in [-0.15, -0.1) is 0 Å². The molecule has 2 aromatic carbocycles. The van der Waals surface area contributed by atoms with Gasteiger partial charge in [0.1, 0.15) is 5.04 Å². The van der Waals surface area contributed by atoms with E-state index in [1.54, 1.807) is 54.6 Å². The summed E-state index contributed by atoms with van der Waals surface area (Å²) in [6.07, 6.45) is -4.54. The van der Waals surface area contributed by atoms with E-state index in [2.05, 4.69) is 5.10 Å². The number of hydrogen-bond donors (Lipinski definition) is 0. The molecule has 1 saturated heterocycles. The molecule has 1 unspecified atom stereocenters. The quantitative estimate of drug-likeness (QED) is 0.783. The number of ether oxygens (including phenoxy) is 1. The van der Waals surface area contributed by atoms with Crippen LogP contribution in [0.15, 0.2) is 65.8 Å². The van der Waals surface area contributed by atoms with Crippen LogP contribution in [0.1, 0.15) is 5.56 Å². The van der Waals surface area contributed by atoms with Gasteiger partial charge in [0.15, 0.2) is 0 Å². The highest BCUT2D eigenvalue weighted by Crippen LogP contribution is 2.53. The standard InChI is InChI=1S/C19H18F3N3OS/c20-18(21,22)19(24-11-13-26-14-12-24)25(16-9-5-2-6-10-16)23-17(27-19)15-7-3-1-4-8-15/h1-10H,11-14H2. The Morgan fingerprint density at radius 1 is 0.926 bits per heavy atom. The summed E-state index contributed by atoms with van der Waals surface area (Å²) in [5.74, 6) is 0. The summed E-state index contributed by atoms with van der Waals surface area (Å²) in [4.78, 5) is -0.878. The summed E-state index contributed by atoms with van der Waals surface area (Å²) in [5, 5.41) is 5.90. The van der Waals surface area contributed by atoms with Crippen molar-refractivity contribution in [2.75, 3.05) is 31.3 Å². The van der Waals surface area contributed by atoms with Crippen LogP contribution in [0.25, 0.3) is 0 Å². The van der Waals surface area contributed by atoms with Gasteiger partial charge in [0.2, 0.25) is 0 Å². The highest BCUT2D eigenvalue weighted by molar-refractivity contribution is 8.16. The number of hydrogen-bond acceptors (Lipinski definition) is 5. The van der Waals surface area contributed by atoms with Crippen LogP contribution in [0.2, 0.25) is 0 Å². The fraction of sp³-hybridized carbons (Fsp3) is 0.316. The molecule has 0 saturated carbocycles. The van der Waals surface area contributed by atoms with Gasteiger partial charge in [-0.05, 0) is 23.9 Å². The summed E-state index contributed by atoms with van der Waals surface area (Å²) < 4.78 is 49.1. The van der Waals surface area contributed by atoms with Crippen molar-refractivity contribution in [3.8, 4) is 0 Å². The third-order valence-corrected chi connectivity index (χ3v) is 6.01. The smallest absolute Gasteiger partial charge is 0.379 e. The molecule has 2 aliphatic heterocycles. The fourth-order valence-corrected chi connectivity index (χ4v) is 4.58. The first kappa shape index (κ1) is 18.3. The first-order valence-electron chi connectivity index (χ1n) is 8.60. The molecule has 4 nitrogen and oxygen atoms in total. The number of thioether (sulfide) groups is 1. The molecule has 0 aliphatic carbocycles. The lowest BCUT2D eigenvalue weighted by Crippen LogP contribution is -2.66. The molecule has 27 heavy (non-hydrogen) atoms. The number of nitrogens with zero attached hydrogens (tertiary/aromatic N) is 3. The summed E-state index contributed by atoms with van der Waals surface area (Å²) in [5.41, 5.74) is 1.07. The van der Waals surface area contributed by atoms with Gasteiger partial charge in [-0.25, -0.2) is 5.01 Å². The van der Waals surface area contributed by atoms with Crippen molar-refractivity contribution in [3.63, 3.8) is 0 Å². The van der Waals surface area contributed by atoms with Gasteiger partial charge in [-0.3, -0.25) is 4.90 Å². The van der Waals surface area contributed by atoms with Crippen LogP contribution in [0.5, 0.6) is 0 Å². The average molecular weight is 393 g/mol. The van der Waals surface area contributed by atoms with Gasteiger partial charge in [0.05, 0.1) is 18.9 Å². The molecule has 1 fully saturated rings. The van der Waals surface area contributed by atoms with Crippen LogP contribution in [-0.2, 0) is 4.74 Å². The molecule has 2 aliphatic rings. The Labute approximate surface area is 159 Å². The molecule has 2 heterocycles. The predicted octanol–water partition coefficient (Wildman–Crippen LogP) is 4.15. The maximum atomic E-state index is 14.6. The van der Waals surface area contributed by atoms with Gasteiger partial charge in [-0.2, -0.15) is 18.3 Å². The van der Waals surface area contributed by atoms with Crippen molar-refractivity contribution < 1.29 is 17.9 Å². The minimum absolute atomic E-state index is 0.188. The van der Waals surface area contributed by atoms with Crippen LogP contribution < -0.4 is 5.01 Å². The van der Waals surface area contributed by atoms with E-state index >= 15 is 0 Å². The molecule has 0 amide bonds. The van der Waals surface area contributed by atoms with Crippen molar-refractivity contribution in [1.29, 1.82) is 0 Å². The number of anilines is 1. The molecule has 0 N–H and O–H groups in total. The van der Waals surface area contributed by atoms with Gasteiger partial charge in [0, 0.05) is 18.7 Å². The van der Waals surface area contributed by atoms with E-state index in [0.717, 1.165) is 16.8 Å². The van der Waals surface area contributed by atoms with Gasteiger partial charge in [0.25, 0.3) is 4.99 Å². The van der Waals surface area contributed by atoms with Gasteiger partial charge in [-0.1, -0.05) is 48.5 Å². The summed E-state index contributed by atoms with van der Waals surface area (Å²) in [6.45, 7) is 0.907. The fourth-order valence-electron chi connectivity index (χ4n) is 3.28. The molecule has 2 aromatic rings. The first-order chi connectivity index (χ1) is 13.0. The number of alkyl halides is 3. The molecule has 0 spiro atoms. The zero-order chi connectivity index (χ0) is 18.9. The lowest BCUT2D eigenvalue weighted by atomic mass is 10.2. The Hall–Kier alpha value is -2.03. The lowest BCUT2D eigenvalue weighted by Gasteiger charge is -2.46. The van der Waals surface area contributed by atoms with E-state index < -0.39 is 11.2 Å². The normalized spacial score (nSPS) is 24.1. The summed E-state index contributed by atoms with van der Waals surface area (Å²) >= 11 is 0.749. The number of halogens is 3. The van der Waals surface area contributed by atoms with Crippen molar-refractivity contribution in [1.82, 2.24) is 4.90 Å². The number of hydrazone groups is 1. The minimum Gasteiger partial charge on any atom is -0.379 e. The van der Waals surface area contributed by atoms with Crippen molar-refractivity contribution in [2.45, 2.75) is 11.2 Å². The zero-order valence-corrected chi connectivity index (χ0v) is 15.2. The van der Waals surface area contributed by atoms with Crippen molar-refractivity contribution in [3.05, 3.63) is 66.2 Å². The molecule has 142 valence electrons. The van der Waals surface area contributed by atoms with E-state index in [1.807, 2.05) is 6.07 Å². The van der Waals surface area contributed by atoms with E-state index in [4.69, 9.17) is 4.74 Å². The molecule has 8 heteroatoms. The zero-order valence-electron chi connectivity index (χ0n) is 14.4. The highest BCUT2D eigenvalue weighted by atomic mass is 32.2. The third kappa shape index (κ3) is 3.22. The van der Waals surface area contributed by atoms with Crippen molar-refractivity contribution in [2.24, 2.45) is 5.10 Å². The lowest BCUT2D eigenvalue weighted by molar-refractivity contribution is -0.205. The second kappa shape index (κ2) is 7.18. The molecule has 0 radical (unpaired) electrons. The topological polar surface area (TPSA) is 28.1 Å². The second-order valence-corrected chi connectivity index (χ2v) is 7.39. The number of para-hydroxylation sites is 1. The second-order valence-electron chi connectivity index (χ2n) is 6.23. The highest BCUT2D eigenvalue weighted by Gasteiger charge is 2.67. The van der Waals surface area contributed by atoms with Crippen molar-refractivity contribution >= 4 is 22.5 Å². The van der Waals surface area contributed by atoms with Gasteiger partial charge < -0.3 is 4.74 Å². The third-order valence-electron chi connectivity index (χ3n) is 4.55. The molecule has 4 rings (SSSR count). The molecule has 0 aromatic heterocycles. The average Bonchev–Trinajstić information content (AvgIpc) is 3.12. The predicted molar refractivity (Wildman–Crippen MR) is 101 cm³/mol. The largest absolute Gasteiger partial charge is 0.437 e. The van der Waals surface area contributed by atoms with Crippen LogP contribution >= 0.6 is 11.8 Å². The van der Waals surface area contributed by atoms with E-state index in [9.17, 15) is 13.2 Å². The van der Waals surface area contributed by atoms with Crippen LogP contribution in [0.3, 0.4) is 0 Å². The Balaban J connectivity index is 1.85. The Morgan fingerprint density at radius 2 is 1.52 bits per heavy atom. The number of benzene rings is 2. The van der Waals surface area contributed by atoms with E-state index in [0.29, 0.717) is 16.3 Å². The molecule has 1 atom stereocenters. The minimum atomic E-state index is -4.54. The van der Waals surface area contributed by atoms with E-state index in [1.165, 1.54) is 4.90 Å². The summed E-state index contributed by atoms with van der Waals surface area (Å²) in [6, 6.07) is 17.5. The number of rotatable bonds is 3. The summed E-state index contributed by atoms with van der Waals surface area (Å²) in [7, 11) is 0. The Bertz CT molecular complexity index is 810. The van der Waals surface area contributed by atoms with Crippen LogP contribution in [0, 0.1) is 0 Å². The maximum Gasteiger partial charge on any atom is 0.437 e. The monoisotopic (exact) mass is 393 g/mol.